The Balaban J connectivity index is 1.59. The molecule has 1 heterocycles. The molecule has 0 bridgehead atoms. The van der Waals surface area contributed by atoms with E-state index in [2.05, 4.69) is 5.32 Å². The van der Waals surface area contributed by atoms with E-state index in [1.54, 1.807) is 4.90 Å². The third-order valence-electron chi connectivity index (χ3n) is 4.67. The molecule has 5 nitrogen and oxygen atoms in total. The average Bonchev–Trinajstić information content (AvgIpc) is 2.89. The molecule has 2 aliphatic rings. The Bertz CT molecular complexity index is 597. The number of halogens is 1. The topological polar surface area (TPSA) is 75.4 Å². The van der Waals surface area contributed by atoms with Crippen LogP contribution in [-0.4, -0.2) is 29.9 Å². The maximum Gasteiger partial charge on any atom is 0.317 e. The first kappa shape index (κ1) is 15.2. The molecule has 1 atom stereocenters. The second-order valence-corrected chi connectivity index (χ2v) is 6.48. The Morgan fingerprint density at radius 1 is 1.23 bits per heavy atom. The molecule has 1 aromatic carbocycles. The first-order valence-corrected chi connectivity index (χ1v) is 8.05. The number of carbonyl (C=O) groups excluding carboxylic acids is 2. The molecule has 0 aromatic heterocycles. The van der Waals surface area contributed by atoms with Crippen molar-refractivity contribution < 1.29 is 9.59 Å². The van der Waals surface area contributed by atoms with Gasteiger partial charge in [0.25, 0.3) is 0 Å². The van der Waals surface area contributed by atoms with Crippen LogP contribution in [0.3, 0.4) is 0 Å². The molecule has 0 saturated carbocycles. The van der Waals surface area contributed by atoms with Gasteiger partial charge < -0.3 is 16.0 Å². The van der Waals surface area contributed by atoms with Crippen molar-refractivity contribution in [2.75, 3.05) is 13.1 Å². The van der Waals surface area contributed by atoms with Gasteiger partial charge in [-0.3, -0.25) is 4.79 Å². The zero-order chi connectivity index (χ0) is 15.7. The maximum atomic E-state index is 12.4. The predicted octanol–water partition coefficient (Wildman–Crippen LogP) is 2.23. The quantitative estimate of drug-likeness (QED) is 0.876. The summed E-state index contributed by atoms with van der Waals surface area (Å²) in [4.78, 5) is 25.3. The van der Waals surface area contributed by atoms with Crippen molar-refractivity contribution in [1.82, 2.24) is 10.2 Å². The molecule has 1 aliphatic carbocycles. The number of benzene rings is 1. The molecule has 3 rings (SSSR count). The number of likely N-dealkylation sites (tertiary alicyclic amines) is 1. The predicted molar refractivity (Wildman–Crippen MR) is 84.5 cm³/mol. The fourth-order valence-electron chi connectivity index (χ4n) is 3.34. The number of piperidine rings is 1. The molecule has 1 aliphatic heterocycles. The minimum Gasteiger partial charge on any atom is -0.369 e. The smallest absolute Gasteiger partial charge is 0.317 e. The van der Waals surface area contributed by atoms with E-state index < -0.39 is 0 Å². The number of nitrogens with one attached hydrogen (secondary N) is 1. The number of fused-ring (bicyclic) bond motifs is 1. The molecule has 6 heteroatoms. The standard InChI is InChI=1S/C16H20ClN3O2/c17-12-2-3-13-11(9-12)1-4-14(13)19-16(22)20-7-5-10(6-8-20)15(18)21/h2-3,9-10,14H,1,4-8H2,(H2,18,21)(H,19,22)/t14-/m1/s1. The summed E-state index contributed by atoms with van der Waals surface area (Å²) in [7, 11) is 0. The number of carbonyl (C=O) groups is 2. The number of aryl methyl sites for hydroxylation is 1. The molecular weight excluding hydrogens is 302 g/mol. The van der Waals surface area contributed by atoms with Crippen molar-refractivity contribution >= 4 is 23.5 Å². The van der Waals surface area contributed by atoms with Gasteiger partial charge in [0.15, 0.2) is 0 Å². The average molecular weight is 322 g/mol. The molecule has 1 fully saturated rings. The Morgan fingerprint density at radius 3 is 2.64 bits per heavy atom. The summed E-state index contributed by atoms with van der Waals surface area (Å²) in [6.45, 7) is 1.17. The summed E-state index contributed by atoms with van der Waals surface area (Å²) in [6.07, 6.45) is 3.14. The van der Waals surface area contributed by atoms with E-state index in [1.807, 2.05) is 18.2 Å². The fourth-order valence-corrected chi connectivity index (χ4v) is 3.54. The molecule has 0 unspecified atom stereocenters. The molecule has 0 spiro atoms. The third kappa shape index (κ3) is 3.04. The van der Waals surface area contributed by atoms with E-state index in [1.165, 1.54) is 5.56 Å². The SMILES string of the molecule is NC(=O)C1CCN(C(=O)N[C@@H]2CCc3cc(Cl)ccc32)CC1. The van der Waals surface area contributed by atoms with Crippen LogP contribution in [0.2, 0.25) is 5.02 Å². The maximum absolute atomic E-state index is 12.4. The van der Waals surface area contributed by atoms with Gasteiger partial charge in [0.2, 0.25) is 5.91 Å². The Labute approximate surface area is 134 Å². The number of rotatable bonds is 2. The summed E-state index contributed by atoms with van der Waals surface area (Å²) in [5.74, 6) is -0.361. The van der Waals surface area contributed by atoms with Crippen LogP contribution in [0.5, 0.6) is 0 Å². The molecule has 22 heavy (non-hydrogen) atoms. The summed E-state index contributed by atoms with van der Waals surface area (Å²) in [6, 6.07) is 5.82. The Hall–Kier alpha value is -1.75. The van der Waals surface area contributed by atoms with E-state index in [0.29, 0.717) is 25.9 Å². The molecule has 3 amide bonds. The Morgan fingerprint density at radius 2 is 1.95 bits per heavy atom. The van der Waals surface area contributed by atoms with Crippen LogP contribution in [0.25, 0.3) is 0 Å². The van der Waals surface area contributed by atoms with Gasteiger partial charge in [-0.25, -0.2) is 4.79 Å². The Kier molecular flexibility index (Phi) is 4.25. The van der Waals surface area contributed by atoms with Gasteiger partial charge in [-0.15, -0.1) is 0 Å². The zero-order valence-corrected chi connectivity index (χ0v) is 13.1. The van der Waals surface area contributed by atoms with Crippen molar-refractivity contribution in [2.45, 2.75) is 31.7 Å². The molecule has 3 N–H and O–H groups in total. The lowest BCUT2D eigenvalue weighted by atomic mass is 9.96. The van der Waals surface area contributed by atoms with Gasteiger partial charge in [-0.2, -0.15) is 0 Å². The number of hydrogen-bond acceptors (Lipinski definition) is 2. The molecule has 0 radical (unpaired) electrons. The number of hydrogen-bond donors (Lipinski definition) is 2. The van der Waals surface area contributed by atoms with Gasteiger partial charge in [-0.1, -0.05) is 17.7 Å². The molecule has 118 valence electrons. The van der Waals surface area contributed by atoms with Crippen molar-refractivity contribution in [2.24, 2.45) is 11.7 Å². The minimum absolute atomic E-state index is 0.0497. The van der Waals surface area contributed by atoms with E-state index in [9.17, 15) is 9.59 Å². The van der Waals surface area contributed by atoms with Crippen LogP contribution < -0.4 is 11.1 Å². The van der Waals surface area contributed by atoms with E-state index in [0.717, 1.165) is 23.4 Å². The second kappa shape index (κ2) is 6.16. The molecule has 1 saturated heterocycles. The van der Waals surface area contributed by atoms with Crippen LogP contribution in [-0.2, 0) is 11.2 Å². The lowest BCUT2D eigenvalue weighted by Gasteiger charge is -2.31. The number of nitrogens with two attached hydrogens (primary N) is 1. The van der Waals surface area contributed by atoms with Gasteiger partial charge in [0.1, 0.15) is 0 Å². The monoisotopic (exact) mass is 321 g/mol. The van der Waals surface area contributed by atoms with Crippen molar-refractivity contribution in [3.8, 4) is 0 Å². The fraction of sp³-hybridized carbons (Fsp3) is 0.500. The van der Waals surface area contributed by atoms with Gasteiger partial charge >= 0.3 is 6.03 Å². The van der Waals surface area contributed by atoms with Crippen molar-refractivity contribution in [3.05, 3.63) is 34.3 Å². The van der Waals surface area contributed by atoms with Crippen LogP contribution >= 0.6 is 11.6 Å². The lowest BCUT2D eigenvalue weighted by molar-refractivity contribution is -0.123. The lowest BCUT2D eigenvalue weighted by Crippen LogP contribution is -2.46. The highest BCUT2D eigenvalue weighted by Crippen LogP contribution is 2.33. The summed E-state index contributed by atoms with van der Waals surface area (Å²) >= 11 is 6.00. The normalized spacial score (nSPS) is 21.5. The van der Waals surface area contributed by atoms with Crippen molar-refractivity contribution in [1.29, 1.82) is 0 Å². The number of primary amides is 1. The van der Waals surface area contributed by atoms with Crippen LogP contribution in [0, 0.1) is 5.92 Å². The summed E-state index contributed by atoms with van der Waals surface area (Å²) in [5.41, 5.74) is 7.69. The zero-order valence-electron chi connectivity index (χ0n) is 12.3. The highest BCUT2D eigenvalue weighted by atomic mass is 35.5. The highest BCUT2D eigenvalue weighted by molar-refractivity contribution is 6.30. The first-order valence-electron chi connectivity index (χ1n) is 7.67. The first-order chi connectivity index (χ1) is 10.5. The number of amides is 3. The molecular formula is C16H20ClN3O2. The van der Waals surface area contributed by atoms with Gasteiger partial charge in [0.05, 0.1) is 6.04 Å². The highest BCUT2D eigenvalue weighted by Gasteiger charge is 2.29. The van der Waals surface area contributed by atoms with E-state index in [4.69, 9.17) is 17.3 Å². The minimum atomic E-state index is -0.262. The largest absolute Gasteiger partial charge is 0.369 e. The third-order valence-corrected chi connectivity index (χ3v) is 4.90. The van der Waals surface area contributed by atoms with Crippen LogP contribution in [0.15, 0.2) is 18.2 Å². The number of nitrogens with zero attached hydrogens (tertiary/aromatic N) is 1. The van der Waals surface area contributed by atoms with Gasteiger partial charge in [0, 0.05) is 24.0 Å². The second-order valence-electron chi connectivity index (χ2n) is 6.05. The van der Waals surface area contributed by atoms with Crippen molar-refractivity contribution in [3.63, 3.8) is 0 Å². The summed E-state index contributed by atoms with van der Waals surface area (Å²) < 4.78 is 0. The van der Waals surface area contributed by atoms with Crippen LogP contribution in [0.1, 0.15) is 36.4 Å². The van der Waals surface area contributed by atoms with Gasteiger partial charge in [-0.05, 0) is 48.9 Å². The molecule has 1 aromatic rings. The summed E-state index contributed by atoms with van der Waals surface area (Å²) in [5, 5.41) is 3.83. The van der Waals surface area contributed by atoms with E-state index >= 15 is 0 Å². The number of urea groups is 1. The van der Waals surface area contributed by atoms with E-state index in [-0.39, 0.29) is 23.9 Å². The van der Waals surface area contributed by atoms with Crippen LogP contribution in [0.4, 0.5) is 4.79 Å².